The van der Waals surface area contributed by atoms with Crippen LogP contribution in [-0.4, -0.2) is 30.6 Å². The molecule has 4 aromatic heterocycles. The van der Waals surface area contributed by atoms with Crippen LogP contribution in [0.2, 0.25) is 0 Å². The van der Waals surface area contributed by atoms with E-state index < -0.39 is 23.5 Å². The maximum atomic E-state index is 15.7. The van der Waals surface area contributed by atoms with Crippen molar-refractivity contribution >= 4 is 33.1 Å². The summed E-state index contributed by atoms with van der Waals surface area (Å²) in [7, 11) is 1.74. The molecule has 6 rings (SSSR count). The number of thiophene rings is 1. The molecule has 47 heavy (non-hydrogen) atoms. The molecule has 1 amide bonds. The number of nitrogens with two attached hydrogens (primary N) is 1. The van der Waals surface area contributed by atoms with Crippen LogP contribution in [0, 0.1) is 12.7 Å². The van der Waals surface area contributed by atoms with Gasteiger partial charge in [-0.15, -0.1) is 11.3 Å². The highest BCUT2D eigenvalue weighted by Crippen LogP contribution is 2.52. The second-order valence-corrected chi connectivity index (χ2v) is 11.5. The number of aryl methyl sites for hydroxylation is 2. The molecule has 0 spiro atoms. The van der Waals surface area contributed by atoms with Gasteiger partial charge in [-0.3, -0.25) is 9.48 Å². The van der Waals surface area contributed by atoms with Gasteiger partial charge in [0, 0.05) is 75.1 Å². The van der Waals surface area contributed by atoms with Crippen molar-refractivity contribution in [3.63, 3.8) is 0 Å². The molecule has 0 atom stereocenters. The molecule has 2 aromatic carbocycles. The van der Waals surface area contributed by atoms with Crippen LogP contribution in [0.25, 0.3) is 42.8 Å². The number of hydrogen-bond acceptors (Lipinski definition) is 8. The Bertz CT molecular complexity index is 2170. The Morgan fingerprint density at radius 3 is 2.60 bits per heavy atom. The smallest absolute Gasteiger partial charge is 0.417 e. The van der Waals surface area contributed by atoms with Crippen molar-refractivity contribution in [1.82, 2.24) is 30.0 Å². The molecule has 0 saturated carbocycles. The van der Waals surface area contributed by atoms with E-state index in [0.29, 0.717) is 26.9 Å². The largest absolute Gasteiger partial charge is 0.421 e. The normalized spacial score (nSPS) is 11.5. The van der Waals surface area contributed by atoms with Crippen LogP contribution in [0.5, 0.6) is 11.8 Å². The first-order chi connectivity index (χ1) is 22.4. The number of pyridine rings is 1. The zero-order valence-electron chi connectivity index (χ0n) is 24.9. The molecule has 0 aliphatic heterocycles. The Morgan fingerprint density at radius 2 is 1.91 bits per heavy atom. The zero-order chi connectivity index (χ0) is 33.5. The Hall–Kier alpha value is -5.63. The van der Waals surface area contributed by atoms with Crippen LogP contribution < -0.4 is 15.8 Å². The van der Waals surface area contributed by atoms with Gasteiger partial charge in [0.1, 0.15) is 5.82 Å². The molecule has 4 heterocycles. The van der Waals surface area contributed by atoms with Gasteiger partial charge in [-0.25, -0.2) is 19.3 Å². The van der Waals surface area contributed by atoms with E-state index in [1.54, 1.807) is 37.1 Å². The van der Waals surface area contributed by atoms with Gasteiger partial charge >= 0.3 is 12.2 Å². The summed E-state index contributed by atoms with van der Waals surface area (Å²) >= 11 is 1.08. The highest BCUT2D eigenvalue weighted by Gasteiger charge is 2.36. The molecule has 3 N–H and O–H groups in total. The van der Waals surface area contributed by atoms with Gasteiger partial charge < -0.3 is 15.8 Å². The molecule has 6 aromatic rings. The average molecular weight is 660 g/mol. The van der Waals surface area contributed by atoms with E-state index >= 15 is 4.39 Å². The summed E-state index contributed by atoms with van der Waals surface area (Å²) in [5.41, 5.74) is 7.93. The predicted molar refractivity (Wildman–Crippen MR) is 171 cm³/mol. The van der Waals surface area contributed by atoms with Crippen molar-refractivity contribution in [2.24, 2.45) is 7.05 Å². The number of benzene rings is 2. The fourth-order valence-corrected chi connectivity index (χ4v) is 6.46. The second-order valence-electron chi connectivity index (χ2n) is 10.5. The quantitative estimate of drug-likeness (QED) is 0.129. The first kappa shape index (κ1) is 31.4. The molecular formula is C33H25F4N7O2S. The predicted octanol–water partition coefficient (Wildman–Crippen LogP) is 7.46. The number of alkyl halides is 3. The average Bonchev–Trinajstić information content (AvgIpc) is 3.65. The van der Waals surface area contributed by atoms with E-state index in [0.717, 1.165) is 23.5 Å². The number of nitrogens with zero attached hydrogens (tertiary/aromatic N) is 5. The van der Waals surface area contributed by atoms with Crippen molar-refractivity contribution in [3.05, 3.63) is 103 Å². The van der Waals surface area contributed by atoms with Gasteiger partial charge in [-0.05, 0) is 48.4 Å². The minimum absolute atomic E-state index is 0.0522. The Labute approximate surface area is 269 Å². The number of hydrogen-bond donors (Lipinski definition) is 2. The first-order valence-electron chi connectivity index (χ1n) is 14.0. The number of fused-ring (bicyclic) bond motifs is 1. The van der Waals surface area contributed by atoms with E-state index in [2.05, 4.69) is 31.9 Å². The number of ether oxygens (including phenoxy) is 1. The fraction of sp³-hybridized carbons (Fsp3) is 0.121. The monoisotopic (exact) mass is 659 g/mol. The third kappa shape index (κ3) is 6.27. The fourth-order valence-electron chi connectivity index (χ4n) is 5.06. The Morgan fingerprint density at radius 1 is 1.11 bits per heavy atom. The van der Waals surface area contributed by atoms with Gasteiger partial charge in [-0.1, -0.05) is 24.8 Å². The van der Waals surface area contributed by atoms with Gasteiger partial charge in [0.05, 0.1) is 11.8 Å². The maximum absolute atomic E-state index is 15.7. The Balaban J connectivity index is 1.58. The number of aromatic nitrogens is 5. The SMILES string of the molecule is C=CC(=O)NCc1ccc(-c2sc3c(-c4cnn(C)c4)cnc(N)c3c2-c2ccc(Oc3nccc(C)n3)c(F)c2)c(C(F)(F)F)c1. The lowest BCUT2D eigenvalue weighted by atomic mass is 9.94. The number of halogens is 4. The minimum atomic E-state index is -4.78. The number of nitrogens with one attached hydrogen (secondary N) is 1. The number of carbonyl (C=O) groups is 1. The van der Waals surface area contributed by atoms with Crippen molar-refractivity contribution in [3.8, 4) is 44.5 Å². The molecule has 0 radical (unpaired) electrons. The highest BCUT2D eigenvalue weighted by molar-refractivity contribution is 7.23. The minimum Gasteiger partial charge on any atom is -0.421 e. The van der Waals surface area contributed by atoms with Gasteiger partial charge in [0.2, 0.25) is 5.91 Å². The van der Waals surface area contributed by atoms with Crippen molar-refractivity contribution < 1.29 is 27.1 Å². The summed E-state index contributed by atoms with van der Waals surface area (Å²) in [5, 5.41) is 7.08. The van der Waals surface area contributed by atoms with E-state index in [9.17, 15) is 18.0 Å². The van der Waals surface area contributed by atoms with Gasteiger partial charge in [-0.2, -0.15) is 18.3 Å². The number of amides is 1. The summed E-state index contributed by atoms with van der Waals surface area (Å²) in [6.45, 7) is 4.95. The van der Waals surface area contributed by atoms with Crippen LogP contribution in [0.4, 0.5) is 23.4 Å². The lowest BCUT2D eigenvalue weighted by Crippen LogP contribution is -2.20. The van der Waals surface area contributed by atoms with Gasteiger partial charge in [0.25, 0.3) is 0 Å². The Kier molecular flexibility index (Phi) is 8.20. The van der Waals surface area contributed by atoms with Crippen LogP contribution in [-0.2, 0) is 24.6 Å². The molecule has 0 saturated heterocycles. The second kappa shape index (κ2) is 12.3. The molecule has 0 bridgehead atoms. The van der Waals surface area contributed by atoms with Crippen LogP contribution in [0.1, 0.15) is 16.8 Å². The van der Waals surface area contributed by atoms with Crippen molar-refractivity contribution in [2.45, 2.75) is 19.6 Å². The highest BCUT2D eigenvalue weighted by atomic mass is 32.1. The zero-order valence-corrected chi connectivity index (χ0v) is 25.7. The summed E-state index contributed by atoms with van der Waals surface area (Å²) in [5.74, 6) is -1.44. The summed E-state index contributed by atoms with van der Waals surface area (Å²) in [6, 6.07) is 9.46. The molecule has 238 valence electrons. The summed E-state index contributed by atoms with van der Waals surface area (Å²) < 4.78 is 67.5. The van der Waals surface area contributed by atoms with E-state index in [4.69, 9.17) is 10.5 Å². The molecular weight excluding hydrogens is 634 g/mol. The molecule has 0 aliphatic carbocycles. The third-order valence-electron chi connectivity index (χ3n) is 7.24. The lowest BCUT2D eigenvalue weighted by molar-refractivity contribution is -0.137. The number of carbonyl (C=O) groups excluding carboxylic acids is 1. The van der Waals surface area contributed by atoms with Gasteiger partial charge in [0.15, 0.2) is 11.6 Å². The van der Waals surface area contributed by atoms with Crippen LogP contribution in [0.3, 0.4) is 0 Å². The first-order valence-corrected chi connectivity index (χ1v) is 14.8. The molecule has 0 unspecified atom stereocenters. The topological polar surface area (TPSA) is 121 Å². The number of nitrogen functional groups attached to an aromatic ring is 1. The lowest BCUT2D eigenvalue weighted by Gasteiger charge is -2.16. The number of anilines is 1. The van der Waals surface area contributed by atoms with Crippen LogP contribution >= 0.6 is 11.3 Å². The molecule has 9 nitrogen and oxygen atoms in total. The molecule has 14 heteroatoms. The van der Waals surface area contributed by atoms with Crippen LogP contribution in [0.15, 0.2) is 79.9 Å². The van der Waals surface area contributed by atoms with Crippen molar-refractivity contribution in [1.29, 1.82) is 0 Å². The summed E-state index contributed by atoms with van der Waals surface area (Å²) in [4.78, 5) is 24.4. The van der Waals surface area contributed by atoms with Crippen molar-refractivity contribution in [2.75, 3.05) is 5.73 Å². The molecule has 0 fully saturated rings. The maximum Gasteiger partial charge on any atom is 0.417 e. The standard InChI is InChI=1S/C33H25F4N7O2S/c1-4-26(45)40-13-18-5-7-21(23(11-18)33(35,36)37)29-27(19-6-8-25(24(34)12-19)46-32-39-10-9-17(2)43-32)28-30(47-29)22(15-41-31(28)38)20-14-42-44(3)16-20/h4-12,14-16H,1,13H2,2-3H3,(H2,38,41)(H,40,45). The van der Waals surface area contributed by atoms with E-state index in [1.807, 2.05) is 0 Å². The molecule has 0 aliphatic rings. The van der Waals surface area contributed by atoms with E-state index in [-0.39, 0.29) is 51.3 Å². The third-order valence-corrected chi connectivity index (χ3v) is 8.49. The summed E-state index contributed by atoms with van der Waals surface area (Å²) in [6.07, 6.45) is 2.61. The van der Waals surface area contributed by atoms with E-state index in [1.165, 1.54) is 42.7 Å². The number of rotatable bonds is 8.